The Balaban J connectivity index is 1.71. The van der Waals surface area contributed by atoms with Crippen LogP contribution in [0.4, 0.5) is 4.39 Å². The van der Waals surface area contributed by atoms with E-state index in [1.807, 2.05) is 0 Å². The van der Waals surface area contributed by atoms with E-state index < -0.39 is 15.8 Å². The molecule has 0 saturated carbocycles. The van der Waals surface area contributed by atoms with Gasteiger partial charge in [0.1, 0.15) is 5.82 Å². The highest BCUT2D eigenvalue weighted by Gasteiger charge is 2.29. The lowest BCUT2D eigenvalue weighted by Crippen LogP contribution is -2.36. The lowest BCUT2D eigenvalue weighted by molar-refractivity contribution is 0.391. The van der Waals surface area contributed by atoms with Crippen molar-refractivity contribution in [2.75, 3.05) is 6.54 Å². The van der Waals surface area contributed by atoms with Gasteiger partial charge >= 0.3 is 0 Å². The van der Waals surface area contributed by atoms with Gasteiger partial charge in [0.05, 0.1) is 11.1 Å². The van der Waals surface area contributed by atoms with E-state index in [1.54, 1.807) is 12.4 Å². The zero-order valence-corrected chi connectivity index (χ0v) is 12.8. The molecule has 1 aromatic carbocycles. The number of nitrogens with one attached hydrogen (secondary N) is 1. The summed E-state index contributed by atoms with van der Waals surface area (Å²) >= 11 is 0. The molecule has 0 atom stereocenters. The first-order valence-corrected chi connectivity index (χ1v) is 8.55. The molecule has 0 saturated heterocycles. The van der Waals surface area contributed by atoms with Crippen LogP contribution in [0.1, 0.15) is 11.1 Å². The van der Waals surface area contributed by atoms with Gasteiger partial charge in [-0.05, 0) is 41.8 Å². The Labute approximate surface area is 132 Å². The lowest BCUT2D eigenvalue weighted by atomic mass is 10.0. The maximum absolute atomic E-state index is 13.0. The number of halogens is 1. The summed E-state index contributed by atoms with van der Waals surface area (Å²) in [5.74, 6) is -0.459. The average molecular weight is 332 g/mol. The average Bonchev–Trinajstić information content (AvgIpc) is 3.03. The van der Waals surface area contributed by atoms with E-state index in [2.05, 4.69) is 15.2 Å². The van der Waals surface area contributed by atoms with Gasteiger partial charge in [0.15, 0.2) is 5.65 Å². The molecular weight excluding hydrogens is 319 g/mol. The van der Waals surface area contributed by atoms with Gasteiger partial charge in [-0.15, -0.1) is 0 Å². The van der Waals surface area contributed by atoms with Gasteiger partial charge in [-0.3, -0.25) is 5.10 Å². The zero-order valence-electron chi connectivity index (χ0n) is 12.0. The molecule has 118 valence electrons. The highest BCUT2D eigenvalue weighted by atomic mass is 32.2. The van der Waals surface area contributed by atoms with Crippen molar-refractivity contribution in [2.24, 2.45) is 0 Å². The van der Waals surface area contributed by atoms with Crippen LogP contribution in [-0.4, -0.2) is 34.4 Å². The molecule has 1 aliphatic heterocycles. The summed E-state index contributed by atoms with van der Waals surface area (Å²) in [6.45, 7) is 0.625. The minimum absolute atomic E-state index is 0.0969. The lowest BCUT2D eigenvalue weighted by Gasteiger charge is -2.28. The third kappa shape index (κ3) is 2.30. The second kappa shape index (κ2) is 5.10. The van der Waals surface area contributed by atoms with Crippen LogP contribution in [0.2, 0.25) is 0 Å². The molecule has 4 rings (SSSR count). The van der Waals surface area contributed by atoms with Crippen LogP contribution in [0.25, 0.3) is 11.0 Å². The number of hydrogen-bond donors (Lipinski definition) is 1. The minimum Gasteiger partial charge on any atom is -0.261 e. The second-order valence-electron chi connectivity index (χ2n) is 5.44. The number of rotatable bonds is 2. The van der Waals surface area contributed by atoms with E-state index >= 15 is 0 Å². The van der Waals surface area contributed by atoms with Crippen molar-refractivity contribution >= 4 is 21.1 Å². The monoisotopic (exact) mass is 332 g/mol. The van der Waals surface area contributed by atoms with Crippen LogP contribution in [0, 0.1) is 5.82 Å². The van der Waals surface area contributed by atoms with Crippen LogP contribution in [0.5, 0.6) is 0 Å². The molecule has 1 aliphatic rings. The standard InChI is InChI=1S/C15H13FN4O2S/c16-11-1-3-12(4-2-11)23(21,22)20-6-5-13-10(9-20)7-17-15-14(13)8-18-19-15/h1-4,7-8H,5-6,9H2,(H,17,18,19). The van der Waals surface area contributed by atoms with Gasteiger partial charge < -0.3 is 0 Å². The molecule has 6 nitrogen and oxygen atoms in total. The Morgan fingerprint density at radius 2 is 1.96 bits per heavy atom. The van der Waals surface area contributed by atoms with Gasteiger partial charge in [-0.25, -0.2) is 17.8 Å². The predicted molar refractivity (Wildman–Crippen MR) is 81.6 cm³/mol. The molecule has 1 N–H and O–H groups in total. The number of aromatic nitrogens is 3. The summed E-state index contributed by atoms with van der Waals surface area (Å²) in [6, 6.07) is 4.89. The number of fused-ring (bicyclic) bond motifs is 3. The summed E-state index contributed by atoms with van der Waals surface area (Å²) in [5, 5.41) is 7.72. The molecule has 2 aromatic heterocycles. The molecule has 0 amide bonds. The van der Waals surface area contributed by atoms with E-state index in [4.69, 9.17) is 0 Å². The van der Waals surface area contributed by atoms with Crippen molar-refractivity contribution in [1.82, 2.24) is 19.5 Å². The van der Waals surface area contributed by atoms with Crippen molar-refractivity contribution in [1.29, 1.82) is 0 Å². The molecule has 3 heterocycles. The van der Waals surface area contributed by atoms with Crippen molar-refractivity contribution < 1.29 is 12.8 Å². The fourth-order valence-corrected chi connectivity index (χ4v) is 4.31. The third-order valence-corrected chi connectivity index (χ3v) is 5.95. The maximum atomic E-state index is 13.0. The van der Waals surface area contributed by atoms with Gasteiger partial charge in [-0.2, -0.15) is 9.40 Å². The Hall–Kier alpha value is -2.32. The molecule has 0 fully saturated rings. The fourth-order valence-electron chi connectivity index (χ4n) is 2.89. The van der Waals surface area contributed by atoms with Gasteiger partial charge in [0, 0.05) is 24.7 Å². The molecule has 0 spiro atoms. The minimum atomic E-state index is -3.65. The molecule has 0 bridgehead atoms. The number of sulfonamides is 1. The van der Waals surface area contributed by atoms with E-state index in [1.165, 1.54) is 16.4 Å². The van der Waals surface area contributed by atoms with Crippen LogP contribution < -0.4 is 0 Å². The van der Waals surface area contributed by atoms with Gasteiger partial charge in [0.2, 0.25) is 10.0 Å². The van der Waals surface area contributed by atoms with Crippen LogP contribution in [-0.2, 0) is 23.0 Å². The van der Waals surface area contributed by atoms with E-state index in [-0.39, 0.29) is 11.4 Å². The summed E-state index contributed by atoms with van der Waals surface area (Å²) in [6.07, 6.45) is 3.99. The normalized spacial score (nSPS) is 15.7. The summed E-state index contributed by atoms with van der Waals surface area (Å²) in [4.78, 5) is 4.36. The van der Waals surface area contributed by atoms with Gasteiger partial charge in [-0.1, -0.05) is 0 Å². The maximum Gasteiger partial charge on any atom is 0.243 e. The Kier molecular flexibility index (Phi) is 3.17. The molecule has 8 heteroatoms. The van der Waals surface area contributed by atoms with Crippen LogP contribution in [0.3, 0.4) is 0 Å². The summed E-state index contributed by atoms with van der Waals surface area (Å²) in [5.41, 5.74) is 2.66. The Bertz CT molecular complexity index is 982. The molecule has 0 unspecified atom stereocenters. The smallest absolute Gasteiger partial charge is 0.243 e. The Morgan fingerprint density at radius 3 is 2.74 bits per heavy atom. The number of nitrogens with zero attached hydrogens (tertiary/aromatic N) is 3. The molecule has 3 aromatic rings. The second-order valence-corrected chi connectivity index (χ2v) is 7.37. The predicted octanol–water partition coefficient (Wildman–Crippen LogP) is 1.84. The highest BCUT2D eigenvalue weighted by molar-refractivity contribution is 7.89. The topological polar surface area (TPSA) is 79.0 Å². The molecule has 23 heavy (non-hydrogen) atoms. The summed E-state index contributed by atoms with van der Waals surface area (Å²) in [7, 11) is -3.65. The number of benzene rings is 1. The Morgan fingerprint density at radius 1 is 1.17 bits per heavy atom. The first-order chi connectivity index (χ1) is 11.1. The molecule has 0 aliphatic carbocycles. The largest absolute Gasteiger partial charge is 0.261 e. The zero-order chi connectivity index (χ0) is 16.0. The quantitative estimate of drug-likeness (QED) is 0.777. The number of hydrogen-bond acceptors (Lipinski definition) is 4. The first-order valence-electron chi connectivity index (χ1n) is 7.11. The fraction of sp³-hybridized carbons (Fsp3) is 0.200. The molecule has 0 radical (unpaired) electrons. The third-order valence-electron chi connectivity index (χ3n) is 4.09. The van der Waals surface area contributed by atoms with Gasteiger partial charge in [0.25, 0.3) is 0 Å². The number of pyridine rings is 1. The number of H-pyrrole nitrogens is 1. The van der Waals surface area contributed by atoms with Crippen LogP contribution in [0.15, 0.2) is 41.6 Å². The van der Waals surface area contributed by atoms with Crippen LogP contribution >= 0.6 is 0 Å². The number of aromatic amines is 1. The van der Waals surface area contributed by atoms with E-state index in [9.17, 15) is 12.8 Å². The van der Waals surface area contributed by atoms with Crippen molar-refractivity contribution in [3.8, 4) is 0 Å². The van der Waals surface area contributed by atoms with E-state index in [0.717, 1.165) is 28.6 Å². The van der Waals surface area contributed by atoms with Crippen molar-refractivity contribution in [3.05, 3.63) is 53.6 Å². The van der Waals surface area contributed by atoms with Crippen molar-refractivity contribution in [2.45, 2.75) is 17.9 Å². The first kappa shape index (κ1) is 14.3. The SMILES string of the molecule is O=S(=O)(c1ccc(F)cc1)N1CCc2c(cnc3[nH]ncc23)C1. The van der Waals surface area contributed by atoms with E-state index in [0.29, 0.717) is 18.6 Å². The molecular formula is C15H13FN4O2S. The van der Waals surface area contributed by atoms with Crippen molar-refractivity contribution in [3.63, 3.8) is 0 Å². The summed E-state index contributed by atoms with van der Waals surface area (Å²) < 4.78 is 39.8. The highest BCUT2D eigenvalue weighted by Crippen LogP contribution is 2.28.